The first-order chi connectivity index (χ1) is 4.27. The average Bonchev–Trinajstić information content (AvgIpc) is 2.22. The third kappa shape index (κ3) is 0.431. The van der Waals surface area contributed by atoms with Crippen LogP contribution in [-0.4, -0.2) is 9.97 Å². The molecule has 0 unspecified atom stereocenters. The van der Waals surface area contributed by atoms with Crippen molar-refractivity contribution < 1.29 is 13.2 Å². The standard InChI is InChI=1S/C4F2N2O/c5-2-1-3(6)8-4(7-2)9-1. The van der Waals surface area contributed by atoms with Crippen molar-refractivity contribution in [3.8, 4) is 0 Å². The highest BCUT2D eigenvalue weighted by Gasteiger charge is 2.16. The predicted molar refractivity (Wildman–Crippen MR) is 22.9 cm³/mol. The summed E-state index contributed by atoms with van der Waals surface area (Å²) in [5.74, 6) is -2.12. The summed E-state index contributed by atoms with van der Waals surface area (Å²) < 4.78 is 28.6. The van der Waals surface area contributed by atoms with Crippen molar-refractivity contribution in [3.63, 3.8) is 0 Å². The van der Waals surface area contributed by atoms with Crippen LogP contribution in [0.15, 0.2) is 4.42 Å². The smallest absolute Gasteiger partial charge is 0.327 e. The summed E-state index contributed by atoms with van der Waals surface area (Å²) in [4.78, 5) is 6.17. The van der Waals surface area contributed by atoms with Gasteiger partial charge in [0.15, 0.2) is 0 Å². The van der Waals surface area contributed by atoms with E-state index in [0.717, 1.165) is 0 Å². The Hall–Kier alpha value is -1.26. The van der Waals surface area contributed by atoms with Crippen LogP contribution < -0.4 is 0 Å². The van der Waals surface area contributed by atoms with Gasteiger partial charge in [0.25, 0.3) is 11.9 Å². The molecule has 0 N–H and O–H groups in total. The Balaban J connectivity index is 2.96. The molecule has 0 aliphatic heterocycles. The number of fused-ring (bicyclic) bond motifs is 2. The van der Waals surface area contributed by atoms with E-state index in [9.17, 15) is 8.78 Å². The lowest BCUT2D eigenvalue weighted by atomic mass is 10.6. The zero-order chi connectivity index (χ0) is 6.43. The van der Waals surface area contributed by atoms with Gasteiger partial charge < -0.3 is 4.42 Å². The van der Waals surface area contributed by atoms with E-state index in [2.05, 4.69) is 14.4 Å². The van der Waals surface area contributed by atoms with Crippen LogP contribution in [-0.2, 0) is 0 Å². The maximum absolute atomic E-state index is 12.1. The van der Waals surface area contributed by atoms with Gasteiger partial charge in [0.2, 0.25) is 5.58 Å². The zero-order valence-corrected chi connectivity index (χ0v) is 4.06. The molecule has 2 rings (SSSR count). The van der Waals surface area contributed by atoms with Crippen molar-refractivity contribution in [2.24, 2.45) is 0 Å². The van der Waals surface area contributed by atoms with Crippen LogP contribution >= 0.6 is 0 Å². The van der Waals surface area contributed by atoms with Crippen LogP contribution in [0.2, 0.25) is 0 Å². The van der Waals surface area contributed by atoms with Crippen LogP contribution in [0, 0.1) is 11.9 Å². The topological polar surface area (TPSA) is 38.9 Å². The van der Waals surface area contributed by atoms with E-state index in [1.807, 2.05) is 0 Å². The van der Waals surface area contributed by atoms with Gasteiger partial charge in [0, 0.05) is 0 Å². The van der Waals surface area contributed by atoms with E-state index in [0.29, 0.717) is 0 Å². The van der Waals surface area contributed by atoms with E-state index >= 15 is 0 Å². The number of aromatic nitrogens is 2. The summed E-state index contributed by atoms with van der Waals surface area (Å²) >= 11 is 0. The maximum Gasteiger partial charge on any atom is 0.327 e. The second-order valence-corrected chi connectivity index (χ2v) is 1.52. The summed E-state index contributed by atoms with van der Waals surface area (Å²) in [7, 11) is 0. The lowest BCUT2D eigenvalue weighted by Crippen LogP contribution is -1.83. The van der Waals surface area contributed by atoms with Crippen LogP contribution in [0.5, 0.6) is 0 Å². The fourth-order valence-corrected chi connectivity index (χ4v) is 0.601. The molecule has 2 aromatic rings. The van der Waals surface area contributed by atoms with Crippen molar-refractivity contribution >= 4 is 11.4 Å². The summed E-state index contributed by atoms with van der Waals surface area (Å²) in [5.41, 5.74) is -0.495. The monoisotopic (exact) mass is 130 g/mol. The Labute approximate surface area is 47.7 Å². The Morgan fingerprint density at radius 3 is 1.89 bits per heavy atom. The Kier molecular flexibility index (Phi) is 0.602. The minimum absolute atomic E-state index is 0.250. The number of hydrogen-bond acceptors (Lipinski definition) is 3. The highest BCUT2D eigenvalue weighted by Crippen LogP contribution is 2.16. The summed E-state index contributed by atoms with van der Waals surface area (Å²) in [6, 6.07) is 0. The molecule has 2 aromatic heterocycles. The van der Waals surface area contributed by atoms with Gasteiger partial charge in [0.05, 0.1) is 0 Å². The van der Waals surface area contributed by atoms with Crippen molar-refractivity contribution in [2.75, 3.05) is 0 Å². The molecule has 0 radical (unpaired) electrons. The van der Waals surface area contributed by atoms with Crippen LogP contribution in [0.25, 0.3) is 11.4 Å². The van der Waals surface area contributed by atoms with Crippen molar-refractivity contribution in [1.29, 1.82) is 0 Å². The predicted octanol–water partition coefficient (Wildman–Crippen LogP) is 0.939. The van der Waals surface area contributed by atoms with Gasteiger partial charge in [-0.25, -0.2) is 0 Å². The zero-order valence-electron chi connectivity index (χ0n) is 4.06. The highest BCUT2D eigenvalue weighted by atomic mass is 19.1. The van der Waals surface area contributed by atoms with Gasteiger partial charge in [-0.3, -0.25) is 0 Å². The molecule has 0 saturated carbocycles. The lowest BCUT2D eigenvalue weighted by Gasteiger charge is -1.75. The second kappa shape index (κ2) is 1.18. The fraction of sp³-hybridized carbons (Fsp3) is 0. The number of nitrogens with zero attached hydrogens (tertiary/aromatic N) is 2. The first-order valence-electron chi connectivity index (χ1n) is 2.18. The minimum atomic E-state index is -0.933. The molecule has 0 aromatic carbocycles. The highest BCUT2D eigenvalue weighted by molar-refractivity contribution is 5.47. The van der Waals surface area contributed by atoms with Crippen LogP contribution in [0.3, 0.4) is 0 Å². The quantitative estimate of drug-likeness (QED) is 0.498. The molecule has 3 nitrogen and oxygen atoms in total. The normalized spacial score (nSPS) is 11.3. The van der Waals surface area contributed by atoms with Crippen molar-refractivity contribution in [2.45, 2.75) is 0 Å². The average molecular weight is 130 g/mol. The molecule has 46 valence electrons. The van der Waals surface area contributed by atoms with Gasteiger partial charge >= 0.3 is 5.84 Å². The Bertz CT molecular complexity index is 305. The maximum atomic E-state index is 12.1. The summed E-state index contributed by atoms with van der Waals surface area (Å²) in [6.45, 7) is 0. The molecule has 2 heterocycles. The number of halogens is 2. The molecule has 5 heteroatoms. The lowest BCUT2D eigenvalue weighted by molar-refractivity contribution is 0.548. The fourth-order valence-electron chi connectivity index (χ4n) is 0.601. The Morgan fingerprint density at radius 2 is 1.67 bits per heavy atom. The molecule has 0 fully saturated rings. The van der Waals surface area contributed by atoms with Crippen LogP contribution in [0.4, 0.5) is 8.78 Å². The number of hydrogen-bond donors (Lipinski definition) is 0. The van der Waals surface area contributed by atoms with E-state index < -0.39 is 17.5 Å². The molecular weight excluding hydrogens is 130 g/mol. The largest absolute Gasteiger partial charge is 0.414 e. The molecule has 0 amide bonds. The Morgan fingerprint density at radius 1 is 1.11 bits per heavy atom. The van der Waals surface area contributed by atoms with Gasteiger partial charge in [0.1, 0.15) is 0 Å². The molecule has 0 atom stereocenters. The van der Waals surface area contributed by atoms with E-state index in [-0.39, 0.29) is 5.84 Å². The van der Waals surface area contributed by atoms with Gasteiger partial charge in [-0.15, -0.1) is 0 Å². The third-order valence-electron chi connectivity index (χ3n) is 0.956. The van der Waals surface area contributed by atoms with Crippen molar-refractivity contribution in [1.82, 2.24) is 9.97 Å². The molecule has 0 aliphatic carbocycles. The SMILES string of the molecule is Fc1nc2nc(F)c1o2. The minimum Gasteiger partial charge on any atom is -0.414 e. The van der Waals surface area contributed by atoms with E-state index in [1.165, 1.54) is 0 Å². The number of oxazole rings is 2. The number of rotatable bonds is 0. The van der Waals surface area contributed by atoms with Gasteiger partial charge in [-0.05, 0) is 0 Å². The van der Waals surface area contributed by atoms with Crippen LogP contribution in [0.1, 0.15) is 0 Å². The van der Waals surface area contributed by atoms with E-state index in [1.54, 1.807) is 0 Å². The summed E-state index contributed by atoms with van der Waals surface area (Å²) in [5, 5.41) is 0. The molecule has 0 saturated heterocycles. The molecule has 0 spiro atoms. The molecular formula is C4F2N2O. The summed E-state index contributed by atoms with van der Waals surface area (Å²) in [6.07, 6.45) is 0. The molecule has 2 bridgehead atoms. The first kappa shape index (κ1) is 4.60. The second-order valence-electron chi connectivity index (χ2n) is 1.52. The van der Waals surface area contributed by atoms with E-state index in [4.69, 9.17) is 0 Å². The van der Waals surface area contributed by atoms with Gasteiger partial charge in [-0.1, -0.05) is 0 Å². The first-order valence-corrected chi connectivity index (χ1v) is 2.18. The third-order valence-corrected chi connectivity index (χ3v) is 0.956. The molecule has 9 heavy (non-hydrogen) atoms. The van der Waals surface area contributed by atoms with Gasteiger partial charge in [-0.2, -0.15) is 18.7 Å². The van der Waals surface area contributed by atoms with Crippen molar-refractivity contribution in [3.05, 3.63) is 11.9 Å². The molecule has 0 aliphatic rings.